The molecule has 0 aliphatic carbocycles. The summed E-state index contributed by atoms with van der Waals surface area (Å²) in [6, 6.07) is 0. The number of nitrogens with one attached hydrogen (secondary N) is 1. The molecule has 0 bridgehead atoms. The fourth-order valence-corrected chi connectivity index (χ4v) is 1.10. The third kappa shape index (κ3) is 11.9. The number of rotatable bonds is 9. The minimum Gasteiger partial charge on any atom is -0.444 e. The number of hydrogen-bond acceptors (Lipinski definition) is 5. The lowest BCUT2D eigenvalue weighted by atomic mass is 10.1. The number of amides is 1. The molecule has 0 atom stereocenters. The maximum absolute atomic E-state index is 11.3. The summed E-state index contributed by atoms with van der Waals surface area (Å²) in [4.78, 5) is 22.5. The fraction of sp³-hybridized carbons (Fsp3) is 0.857. The summed E-state index contributed by atoms with van der Waals surface area (Å²) in [5.41, 5.74) is -0.498. The molecule has 0 aliphatic heterocycles. The van der Waals surface area contributed by atoms with E-state index in [0.717, 1.165) is 0 Å². The van der Waals surface area contributed by atoms with Crippen LogP contribution in [-0.4, -0.2) is 50.4 Å². The first kappa shape index (κ1) is 18.9. The van der Waals surface area contributed by atoms with Crippen LogP contribution in [0.4, 0.5) is 4.79 Å². The second-order valence-corrected chi connectivity index (χ2v) is 5.71. The second-order valence-electron chi connectivity index (χ2n) is 5.71. The molecule has 0 heterocycles. The molecule has 0 aliphatic rings. The molecule has 6 heteroatoms. The highest BCUT2D eigenvalue weighted by molar-refractivity contribution is 5.81. The van der Waals surface area contributed by atoms with Gasteiger partial charge in [-0.15, -0.1) is 0 Å². The van der Waals surface area contributed by atoms with E-state index in [9.17, 15) is 9.59 Å². The van der Waals surface area contributed by atoms with Crippen molar-refractivity contribution in [3.63, 3.8) is 0 Å². The van der Waals surface area contributed by atoms with Gasteiger partial charge < -0.3 is 19.5 Å². The van der Waals surface area contributed by atoms with Gasteiger partial charge in [0.25, 0.3) is 0 Å². The van der Waals surface area contributed by atoms with Crippen LogP contribution in [0.1, 0.15) is 34.6 Å². The lowest BCUT2D eigenvalue weighted by molar-refractivity contribution is -0.127. The third-order valence-corrected chi connectivity index (χ3v) is 2.17. The van der Waals surface area contributed by atoms with Gasteiger partial charge in [-0.2, -0.15) is 0 Å². The van der Waals surface area contributed by atoms with E-state index in [0.29, 0.717) is 26.4 Å². The van der Waals surface area contributed by atoms with E-state index in [1.54, 1.807) is 20.8 Å². The number of hydrogen-bond donors (Lipinski definition) is 1. The number of carbonyl (C=O) groups excluding carboxylic acids is 2. The average Bonchev–Trinajstić information content (AvgIpc) is 2.29. The highest BCUT2D eigenvalue weighted by Crippen LogP contribution is 2.05. The standard InChI is InChI=1S/C14H27NO5/c1-11(2)12(16)10-19-9-8-18-7-6-15-13(17)20-14(3,4)5/h11H,6-10H2,1-5H3,(H,15,17). The zero-order valence-electron chi connectivity index (χ0n) is 13.2. The van der Waals surface area contributed by atoms with E-state index in [-0.39, 0.29) is 18.3 Å². The van der Waals surface area contributed by atoms with Crippen LogP contribution >= 0.6 is 0 Å². The van der Waals surface area contributed by atoms with Gasteiger partial charge in [-0.1, -0.05) is 13.8 Å². The molecule has 1 N–H and O–H groups in total. The Labute approximate surface area is 121 Å². The largest absolute Gasteiger partial charge is 0.444 e. The van der Waals surface area contributed by atoms with Gasteiger partial charge in [0.05, 0.1) is 19.8 Å². The summed E-state index contributed by atoms with van der Waals surface area (Å²) in [6.45, 7) is 10.7. The van der Waals surface area contributed by atoms with E-state index in [4.69, 9.17) is 14.2 Å². The van der Waals surface area contributed by atoms with Gasteiger partial charge in [0.1, 0.15) is 12.2 Å². The summed E-state index contributed by atoms with van der Waals surface area (Å²) in [5.74, 6) is 0.0746. The molecule has 6 nitrogen and oxygen atoms in total. The molecule has 0 aromatic carbocycles. The number of ketones is 1. The maximum atomic E-state index is 11.3. The highest BCUT2D eigenvalue weighted by atomic mass is 16.6. The minimum absolute atomic E-state index is 0.00560. The highest BCUT2D eigenvalue weighted by Gasteiger charge is 2.15. The molecular formula is C14H27NO5. The molecule has 118 valence electrons. The monoisotopic (exact) mass is 289 g/mol. The lowest BCUT2D eigenvalue weighted by Gasteiger charge is -2.19. The number of carbonyl (C=O) groups is 2. The van der Waals surface area contributed by atoms with Gasteiger partial charge in [0.15, 0.2) is 5.78 Å². The van der Waals surface area contributed by atoms with Gasteiger partial charge in [-0.3, -0.25) is 4.79 Å². The SMILES string of the molecule is CC(C)C(=O)COCCOCCNC(=O)OC(C)(C)C. The Morgan fingerprint density at radius 2 is 1.65 bits per heavy atom. The van der Waals surface area contributed by atoms with Crippen molar-refractivity contribution in [2.75, 3.05) is 33.0 Å². The van der Waals surface area contributed by atoms with Crippen molar-refractivity contribution in [1.29, 1.82) is 0 Å². The van der Waals surface area contributed by atoms with Crippen molar-refractivity contribution in [2.24, 2.45) is 5.92 Å². The Balaban J connectivity index is 3.37. The molecule has 0 rings (SSSR count). The van der Waals surface area contributed by atoms with Crippen LogP contribution in [0.5, 0.6) is 0 Å². The van der Waals surface area contributed by atoms with E-state index >= 15 is 0 Å². The number of ether oxygens (including phenoxy) is 3. The first-order valence-corrected chi connectivity index (χ1v) is 6.87. The van der Waals surface area contributed by atoms with Crippen LogP contribution in [0.15, 0.2) is 0 Å². The maximum Gasteiger partial charge on any atom is 0.407 e. The van der Waals surface area contributed by atoms with Crippen LogP contribution in [0, 0.1) is 5.92 Å². The predicted octanol–water partition coefficient (Wildman–Crippen LogP) is 1.77. The summed E-state index contributed by atoms with van der Waals surface area (Å²) in [7, 11) is 0. The molecule has 0 fully saturated rings. The van der Waals surface area contributed by atoms with Crippen LogP contribution in [0.25, 0.3) is 0 Å². The molecular weight excluding hydrogens is 262 g/mol. The minimum atomic E-state index is -0.498. The zero-order chi connectivity index (χ0) is 15.6. The molecule has 1 amide bonds. The summed E-state index contributed by atoms with van der Waals surface area (Å²) in [5, 5.41) is 2.58. The second kappa shape index (κ2) is 9.72. The van der Waals surface area contributed by atoms with Crippen molar-refractivity contribution < 1.29 is 23.8 Å². The molecule has 0 radical (unpaired) electrons. The number of alkyl carbamates (subject to hydrolysis) is 1. The first-order valence-electron chi connectivity index (χ1n) is 6.87. The smallest absolute Gasteiger partial charge is 0.407 e. The molecule has 0 saturated carbocycles. The summed E-state index contributed by atoms with van der Waals surface area (Å²) < 4.78 is 15.5. The Morgan fingerprint density at radius 1 is 1.05 bits per heavy atom. The topological polar surface area (TPSA) is 73.9 Å². The van der Waals surface area contributed by atoms with Crippen LogP contribution < -0.4 is 5.32 Å². The Hall–Kier alpha value is -1.14. The normalized spacial score (nSPS) is 11.5. The quantitative estimate of drug-likeness (QED) is 0.655. The number of Topliss-reactive ketones (excluding diaryl/α,β-unsaturated/α-hetero) is 1. The molecule has 20 heavy (non-hydrogen) atoms. The Kier molecular flexibility index (Phi) is 9.16. The van der Waals surface area contributed by atoms with Crippen molar-refractivity contribution in [1.82, 2.24) is 5.32 Å². The average molecular weight is 289 g/mol. The molecule has 0 saturated heterocycles. The summed E-state index contributed by atoms with van der Waals surface area (Å²) in [6.07, 6.45) is -0.458. The van der Waals surface area contributed by atoms with Gasteiger partial charge >= 0.3 is 6.09 Å². The first-order chi connectivity index (χ1) is 9.22. The van der Waals surface area contributed by atoms with Crippen molar-refractivity contribution in [3.8, 4) is 0 Å². The van der Waals surface area contributed by atoms with Crippen molar-refractivity contribution in [3.05, 3.63) is 0 Å². The fourth-order valence-electron chi connectivity index (χ4n) is 1.10. The summed E-state index contributed by atoms with van der Waals surface area (Å²) >= 11 is 0. The molecule has 0 aromatic rings. The van der Waals surface area contributed by atoms with Crippen LogP contribution in [-0.2, 0) is 19.0 Å². The van der Waals surface area contributed by atoms with Crippen molar-refractivity contribution >= 4 is 11.9 Å². The van der Waals surface area contributed by atoms with Gasteiger partial charge in [0.2, 0.25) is 0 Å². The van der Waals surface area contributed by atoms with Gasteiger partial charge in [-0.05, 0) is 20.8 Å². The van der Waals surface area contributed by atoms with Gasteiger partial charge in [0, 0.05) is 12.5 Å². The molecule has 0 unspecified atom stereocenters. The Morgan fingerprint density at radius 3 is 2.20 bits per heavy atom. The van der Waals surface area contributed by atoms with E-state index < -0.39 is 11.7 Å². The molecule has 0 aromatic heterocycles. The van der Waals surface area contributed by atoms with E-state index in [2.05, 4.69) is 5.32 Å². The van der Waals surface area contributed by atoms with Crippen molar-refractivity contribution in [2.45, 2.75) is 40.2 Å². The third-order valence-electron chi connectivity index (χ3n) is 2.17. The Bertz CT molecular complexity index is 296. The van der Waals surface area contributed by atoms with Gasteiger partial charge in [-0.25, -0.2) is 4.79 Å². The molecule has 0 spiro atoms. The van der Waals surface area contributed by atoms with E-state index in [1.165, 1.54) is 0 Å². The zero-order valence-corrected chi connectivity index (χ0v) is 13.2. The predicted molar refractivity (Wildman–Crippen MR) is 75.7 cm³/mol. The van der Waals surface area contributed by atoms with Crippen LogP contribution in [0.2, 0.25) is 0 Å². The van der Waals surface area contributed by atoms with Crippen LogP contribution in [0.3, 0.4) is 0 Å². The van der Waals surface area contributed by atoms with E-state index in [1.807, 2.05) is 13.8 Å². The lowest BCUT2D eigenvalue weighted by Crippen LogP contribution is -2.34.